The smallest absolute Gasteiger partial charge is 0.224 e. The van der Waals surface area contributed by atoms with Gasteiger partial charge in [-0.3, -0.25) is 0 Å². The molecule has 0 radical (unpaired) electrons. The molecule has 2 aliphatic rings. The summed E-state index contributed by atoms with van der Waals surface area (Å²) in [6, 6.07) is 0.300. The number of rotatable bonds is 9. The molecule has 32 heavy (non-hydrogen) atoms. The molecule has 2 aliphatic carbocycles. The fraction of sp³-hybridized carbons (Fsp3) is 0.560. The minimum atomic E-state index is -0.266. The third-order valence-corrected chi connectivity index (χ3v) is 7.57. The molecule has 0 bridgehead atoms. The number of thiazole rings is 1. The highest BCUT2D eigenvalue weighted by Gasteiger charge is 2.29. The van der Waals surface area contributed by atoms with Gasteiger partial charge in [0.2, 0.25) is 5.95 Å². The first-order chi connectivity index (χ1) is 15.4. The second kappa shape index (κ2) is 10.1. The SMILES string of the molecule is C/C=C\C=C/c1sc(-c2c(C)nc(NCC3CC3)nc2N[C@H]2CCC(C(C)O)C2)nc1C. The van der Waals surface area contributed by atoms with Gasteiger partial charge in [-0.05, 0) is 77.7 Å². The van der Waals surface area contributed by atoms with E-state index in [1.54, 1.807) is 11.3 Å². The van der Waals surface area contributed by atoms with E-state index in [0.29, 0.717) is 17.9 Å². The maximum Gasteiger partial charge on any atom is 0.224 e. The first-order valence-corrected chi connectivity index (χ1v) is 12.6. The van der Waals surface area contributed by atoms with Crippen molar-refractivity contribution in [3.05, 3.63) is 34.5 Å². The quantitative estimate of drug-likeness (QED) is 0.429. The van der Waals surface area contributed by atoms with Crippen molar-refractivity contribution in [3.8, 4) is 10.6 Å². The van der Waals surface area contributed by atoms with Gasteiger partial charge in [0.05, 0.1) is 27.9 Å². The van der Waals surface area contributed by atoms with Crippen LogP contribution in [0.25, 0.3) is 16.6 Å². The highest BCUT2D eigenvalue weighted by atomic mass is 32.1. The van der Waals surface area contributed by atoms with Gasteiger partial charge >= 0.3 is 0 Å². The predicted octanol–water partition coefficient (Wildman–Crippen LogP) is 5.59. The van der Waals surface area contributed by atoms with Crippen LogP contribution in [0, 0.1) is 25.7 Å². The fourth-order valence-corrected chi connectivity index (χ4v) is 5.35. The summed E-state index contributed by atoms with van der Waals surface area (Å²) < 4.78 is 0. The van der Waals surface area contributed by atoms with Crippen LogP contribution in [0.1, 0.15) is 62.2 Å². The Labute approximate surface area is 195 Å². The van der Waals surface area contributed by atoms with E-state index < -0.39 is 0 Å². The molecule has 2 saturated carbocycles. The number of aliphatic hydroxyl groups excluding tert-OH is 1. The second-order valence-corrected chi connectivity index (χ2v) is 10.2. The average molecular weight is 454 g/mol. The number of aryl methyl sites for hydroxylation is 2. The van der Waals surface area contributed by atoms with E-state index in [0.717, 1.165) is 64.4 Å². The summed E-state index contributed by atoms with van der Waals surface area (Å²) in [7, 11) is 0. The second-order valence-electron chi connectivity index (χ2n) is 9.19. The number of aromatic nitrogens is 3. The van der Waals surface area contributed by atoms with Crippen LogP contribution in [0.15, 0.2) is 18.2 Å². The van der Waals surface area contributed by atoms with Crippen molar-refractivity contribution >= 4 is 29.2 Å². The van der Waals surface area contributed by atoms with Gasteiger partial charge in [0, 0.05) is 12.6 Å². The molecule has 3 N–H and O–H groups in total. The summed E-state index contributed by atoms with van der Waals surface area (Å²) in [5.74, 6) is 2.64. The van der Waals surface area contributed by atoms with Crippen molar-refractivity contribution in [3.63, 3.8) is 0 Å². The number of aliphatic hydroxyl groups is 1. The Bertz CT molecular complexity index is 992. The van der Waals surface area contributed by atoms with Crippen LogP contribution in [-0.4, -0.2) is 38.7 Å². The molecule has 172 valence electrons. The number of allylic oxidation sites excluding steroid dienone is 3. The third-order valence-electron chi connectivity index (χ3n) is 6.43. The van der Waals surface area contributed by atoms with Gasteiger partial charge in [0.1, 0.15) is 10.8 Å². The zero-order valence-corrected chi connectivity index (χ0v) is 20.4. The lowest BCUT2D eigenvalue weighted by atomic mass is 10.0. The molecule has 2 aromatic heterocycles. The zero-order chi connectivity index (χ0) is 22.7. The van der Waals surface area contributed by atoms with Gasteiger partial charge in [-0.2, -0.15) is 4.98 Å². The lowest BCUT2D eigenvalue weighted by molar-refractivity contribution is 0.128. The van der Waals surface area contributed by atoms with Gasteiger partial charge in [-0.1, -0.05) is 18.2 Å². The predicted molar refractivity (Wildman–Crippen MR) is 134 cm³/mol. The van der Waals surface area contributed by atoms with Crippen molar-refractivity contribution in [1.29, 1.82) is 0 Å². The summed E-state index contributed by atoms with van der Waals surface area (Å²) >= 11 is 1.68. The highest BCUT2D eigenvalue weighted by molar-refractivity contribution is 7.16. The molecule has 3 atom stereocenters. The van der Waals surface area contributed by atoms with Gasteiger partial charge in [-0.15, -0.1) is 11.3 Å². The topological polar surface area (TPSA) is 83.0 Å². The van der Waals surface area contributed by atoms with Gasteiger partial charge in [-0.25, -0.2) is 9.97 Å². The number of hydrogen-bond acceptors (Lipinski definition) is 7. The van der Waals surface area contributed by atoms with Crippen LogP contribution in [0.5, 0.6) is 0 Å². The number of nitrogens with zero attached hydrogens (tertiary/aromatic N) is 3. The first kappa shape index (κ1) is 22.9. The maximum absolute atomic E-state index is 10.0. The van der Waals surface area contributed by atoms with E-state index in [1.165, 1.54) is 12.8 Å². The Morgan fingerprint density at radius 1 is 1.09 bits per heavy atom. The van der Waals surface area contributed by atoms with E-state index in [9.17, 15) is 5.11 Å². The minimum absolute atomic E-state index is 0.266. The third kappa shape index (κ3) is 5.56. The standard InChI is InChI=1S/C25H35N5OS/c1-5-6-7-8-21-15(2)27-24(32-21)22-16(3)28-25(26-14-18-9-10-18)30-23(22)29-20-12-11-19(13-20)17(4)31/h5-8,17-20,31H,9-14H2,1-4H3,(H2,26,28,29,30)/b6-5-,8-7-/t17?,19?,20-/m0/s1. The molecule has 2 heterocycles. The molecular weight excluding hydrogens is 418 g/mol. The Morgan fingerprint density at radius 3 is 2.59 bits per heavy atom. The molecule has 2 fully saturated rings. The molecule has 4 rings (SSSR count). The van der Waals surface area contributed by atoms with E-state index in [1.807, 2.05) is 45.9 Å². The van der Waals surface area contributed by atoms with Gasteiger partial charge < -0.3 is 15.7 Å². The van der Waals surface area contributed by atoms with Crippen LogP contribution >= 0.6 is 11.3 Å². The lowest BCUT2D eigenvalue weighted by Crippen LogP contribution is -2.21. The molecule has 2 unspecified atom stereocenters. The van der Waals surface area contributed by atoms with Crippen molar-refractivity contribution in [1.82, 2.24) is 15.0 Å². The van der Waals surface area contributed by atoms with Crippen molar-refractivity contribution < 1.29 is 5.11 Å². The molecule has 0 spiro atoms. The summed E-state index contributed by atoms with van der Waals surface area (Å²) in [5.41, 5.74) is 2.94. The van der Waals surface area contributed by atoms with E-state index >= 15 is 0 Å². The molecule has 6 nitrogen and oxygen atoms in total. The zero-order valence-electron chi connectivity index (χ0n) is 19.6. The Morgan fingerprint density at radius 2 is 1.91 bits per heavy atom. The van der Waals surface area contributed by atoms with Gasteiger partial charge in [0.15, 0.2) is 0 Å². The van der Waals surface area contributed by atoms with Gasteiger partial charge in [0.25, 0.3) is 0 Å². The first-order valence-electron chi connectivity index (χ1n) is 11.8. The summed E-state index contributed by atoms with van der Waals surface area (Å²) in [4.78, 5) is 15.7. The molecule has 0 aromatic carbocycles. The Balaban J connectivity index is 1.64. The maximum atomic E-state index is 10.0. The number of hydrogen-bond donors (Lipinski definition) is 3. The van der Waals surface area contributed by atoms with E-state index in [4.69, 9.17) is 15.0 Å². The lowest BCUT2D eigenvalue weighted by Gasteiger charge is -2.19. The minimum Gasteiger partial charge on any atom is -0.393 e. The van der Waals surface area contributed by atoms with Crippen LogP contribution in [0.3, 0.4) is 0 Å². The van der Waals surface area contributed by atoms with E-state index in [-0.39, 0.29) is 6.10 Å². The monoisotopic (exact) mass is 453 g/mol. The van der Waals surface area contributed by atoms with Crippen LogP contribution in [0.2, 0.25) is 0 Å². The summed E-state index contributed by atoms with van der Waals surface area (Å²) in [5, 5.41) is 18.1. The molecular formula is C25H35N5OS. The molecule has 0 saturated heterocycles. The van der Waals surface area contributed by atoms with Crippen molar-refractivity contribution in [2.75, 3.05) is 17.2 Å². The Kier molecular flexibility index (Phi) is 7.26. The summed E-state index contributed by atoms with van der Waals surface area (Å²) in [6.07, 6.45) is 13.6. The largest absolute Gasteiger partial charge is 0.393 e. The van der Waals surface area contributed by atoms with Crippen LogP contribution in [0.4, 0.5) is 11.8 Å². The van der Waals surface area contributed by atoms with Crippen LogP contribution < -0.4 is 10.6 Å². The number of anilines is 2. The molecule has 0 amide bonds. The molecule has 2 aromatic rings. The average Bonchev–Trinajstić information content (AvgIpc) is 3.34. The molecule has 7 heteroatoms. The van der Waals surface area contributed by atoms with Crippen LogP contribution in [-0.2, 0) is 0 Å². The highest BCUT2D eigenvalue weighted by Crippen LogP contribution is 2.38. The van der Waals surface area contributed by atoms with E-state index in [2.05, 4.69) is 16.7 Å². The normalized spacial score (nSPS) is 22.2. The van der Waals surface area contributed by atoms with Crippen molar-refractivity contribution in [2.24, 2.45) is 11.8 Å². The summed E-state index contributed by atoms with van der Waals surface area (Å²) in [6.45, 7) is 8.94. The Hall–Kier alpha value is -2.25. The number of nitrogens with one attached hydrogen (secondary N) is 2. The molecule has 0 aliphatic heterocycles. The van der Waals surface area contributed by atoms with Crippen molar-refractivity contribution in [2.45, 2.75) is 71.9 Å². The fourth-order valence-electron chi connectivity index (χ4n) is 4.27.